The summed E-state index contributed by atoms with van der Waals surface area (Å²) in [7, 11) is 3.17. The van der Waals surface area contributed by atoms with Crippen LogP contribution in [0.1, 0.15) is 27.0 Å². The van der Waals surface area contributed by atoms with Crippen molar-refractivity contribution in [2.45, 2.75) is 20.4 Å². The Labute approximate surface area is 161 Å². The van der Waals surface area contributed by atoms with Crippen molar-refractivity contribution in [3.63, 3.8) is 0 Å². The van der Waals surface area contributed by atoms with Crippen molar-refractivity contribution in [3.05, 3.63) is 58.7 Å². The number of hydrogen-bond donors (Lipinski definition) is 0. The van der Waals surface area contributed by atoms with Crippen molar-refractivity contribution in [1.82, 2.24) is 9.80 Å². The fourth-order valence-corrected chi connectivity index (χ4v) is 3.42. The van der Waals surface area contributed by atoms with Crippen molar-refractivity contribution < 1.29 is 14.3 Å². The Balaban J connectivity index is 1.60. The molecule has 1 aliphatic rings. The molecule has 0 bridgehead atoms. The van der Waals surface area contributed by atoms with Gasteiger partial charge in [0.25, 0.3) is 5.91 Å². The molecule has 2 aromatic carbocycles. The van der Waals surface area contributed by atoms with Crippen molar-refractivity contribution in [2.75, 3.05) is 40.4 Å². The summed E-state index contributed by atoms with van der Waals surface area (Å²) in [6.07, 6.45) is 0. The zero-order chi connectivity index (χ0) is 19.4. The monoisotopic (exact) mass is 368 g/mol. The first-order valence-electron chi connectivity index (χ1n) is 9.31. The number of hydrogen-bond acceptors (Lipinski definition) is 4. The number of carbonyl (C=O) groups excluding carboxylic acids is 1. The molecule has 0 aliphatic carbocycles. The minimum absolute atomic E-state index is 0.0433. The largest absolute Gasteiger partial charge is 0.493 e. The molecule has 0 radical (unpaired) electrons. The smallest absolute Gasteiger partial charge is 0.254 e. The third-order valence-electron chi connectivity index (χ3n) is 5.27. The van der Waals surface area contributed by atoms with Crippen LogP contribution >= 0.6 is 0 Å². The molecule has 0 saturated carbocycles. The quantitative estimate of drug-likeness (QED) is 0.812. The van der Waals surface area contributed by atoms with Crippen LogP contribution in [0.5, 0.6) is 11.5 Å². The minimum atomic E-state index is 0.0433. The van der Waals surface area contributed by atoms with Gasteiger partial charge in [0.2, 0.25) is 0 Å². The van der Waals surface area contributed by atoms with Crippen molar-refractivity contribution in [1.29, 1.82) is 0 Å². The molecule has 0 unspecified atom stereocenters. The number of ether oxygens (including phenoxy) is 2. The van der Waals surface area contributed by atoms with Gasteiger partial charge in [-0.15, -0.1) is 0 Å². The summed E-state index contributed by atoms with van der Waals surface area (Å²) in [4.78, 5) is 17.1. The first-order chi connectivity index (χ1) is 13.0. The Morgan fingerprint density at radius 3 is 2.22 bits per heavy atom. The molecule has 1 saturated heterocycles. The van der Waals surface area contributed by atoms with Gasteiger partial charge < -0.3 is 14.4 Å². The second-order valence-electron chi connectivity index (χ2n) is 7.06. The van der Waals surface area contributed by atoms with Crippen molar-refractivity contribution in [3.8, 4) is 11.5 Å². The highest BCUT2D eigenvalue weighted by Gasteiger charge is 2.23. The molecule has 1 aliphatic heterocycles. The van der Waals surface area contributed by atoms with E-state index in [2.05, 4.69) is 36.9 Å². The molecule has 0 aromatic heterocycles. The zero-order valence-corrected chi connectivity index (χ0v) is 16.6. The molecule has 0 spiro atoms. The van der Waals surface area contributed by atoms with E-state index >= 15 is 0 Å². The van der Waals surface area contributed by atoms with Crippen LogP contribution in [0.25, 0.3) is 0 Å². The van der Waals surface area contributed by atoms with Crippen LogP contribution in [-0.4, -0.2) is 56.1 Å². The van der Waals surface area contributed by atoms with Gasteiger partial charge >= 0.3 is 0 Å². The highest BCUT2D eigenvalue weighted by molar-refractivity contribution is 5.95. The lowest BCUT2D eigenvalue weighted by molar-refractivity contribution is 0.0628. The maximum absolute atomic E-state index is 12.8. The van der Waals surface area contributed by atoms with E-state index in [0.29, 0.717) is 17.1 Å². The highest BCUT2D eigenvalue weighted by atomic mass is 16.5. The van der Waals surface area contributed by atoms with Crippen LogP contribution in [0.3, 0.4) is 0 Å². The van der Waals surface area contributed by atoms with Crippen LogP contribution in [0.4, 0.5) is 0 Å². The van der Waals surface area contributed by atoms with E-state index in [9.17, 15) is 4.79 Å². The van der Waals surface area contributed by atoms with Gasteiger partial charge in [0, 0.05) is 38.3 Å². The molecule has 1 fully saturated rings. The third kappa shape index (κ3) is 4.42. The lowest BCUT2D eigenvalue weighted by Gasteiger charge is -2.35. The fraction of sp³-hybridized carbons (Fsp3) is 0.409. The second kappa shape index (κ2) is 8.44. The van der Waals surface area contributed by atoms with E-state index in [0.717, 1.165) is 32.7 Å². The second-order valence-corrected chi connectivity index (χ2v) is 7.06. The molecule has 3 rings (SSSR count). The normalized spacial score (nSPS) is 14.9. The van der Waals surface area contributed by atoms with Gasteiger partial charge in [0.15, 0.2) is 11.5 Å². The lowest BCUT2D eigenvalue weighted by Crippen LogP contribution is -2.48. The summed E-state index contributed by atoms with van der Waals surface area (Å²) in [6.45, 7) is 8.45. The summed E-state index contributed by atoms with van der Waals surface area (Å²) in [5.74, 6) is 1.26. The van der Waals surface area contributed by atoms with E-state index < -0.39 is 0 Å². The molecule has 2 aromatic rings. The Bertz CT molecular complexity index is 811. The molecule has 144 valence electrons. The Kier molecular flexibility index (Phi) is 6.01. The Morgan fingerprint density at radius 1 is 0.889 bits per heavy atom. The molecule has 0 N–H and O–H groups in total. The summed E-state index contributed by atoms with van der Waals surface area (Å²) < 4.78 is 10.6. The fourth-order valence-electron chi connectivity index (χ4n) is 3.42. The van der Waals surface area contributed by atoms with Crippen LogP contribution in [0.15, 0.2) is 36.4 Å². The predicted octanol–water partition coefficient (Wildman–Crippen LogP) is 3.28. The van der Waals surface area contributed by atoms with Gasteiger partial charge in [-0.05, 0) is 48.7 Å². The van der Waals surface area contributed by atoms with Crippen molar-refractivity contribution in [2.24, 2.45) is 0 Å². The standard InChI is InChI=1S/C22H28N2O3/c1-16-5-6-18(13-17(16)2)15-23-9-11-24(12-10-23)22(25)19-7-8-20(26-3)21(14-19)27-4/h5-8,13-14H,9-12,15H2,1-4H3. The molecule has 1 heterocycles. The molecular formula is C22H28N2O3. The molecule has 0 atom stereocenters. The summed E-state index contributed by atoms with van der Waals surface area (Å²) in [5.41, 5.74) is 4.62. The topological polar surface area (TPSA) is 42.0 Å². The van der Waals surface area contributed by atoms with E-state index in [1.165, 1.54) is 16.7 Å². The average Bonchev–Trinajstić information content (AvgIpc) is 2.70. The van der Waals surface area contributed by atoms with Gasteiger partial charge in [-0.1, -0.05) is 18.2 Å². The van der Waals surface area contributed by atoms with Crippen LogP contribution < -0.4 is 9.47 Å². The van der Waals surface area contributed by atoms with Gasteiger partial charge in [0.1, 0.15) is 0 Å². The number of methoxy groups -OCH3 is 2. The van der Waals surface area contributed by atoms with Crippen LogP contribution in [0, 0.1) is 13.8 Å². The van der Waals surface area contributed by atoms with E-state index in [4.69, 9.17) is 9.47 Å². The molecule has 5 heteroatoms. The number of nitrogens with zero attached hydrogens (tertiary/aromatic N) is 2. The third-order valence-corrected chi connectivity index (χ3v) is 5.27. The molecule has 5 nitrogen and oxygen atoms in total. The van der Waals surface area contributed by atoms with Crippen LogP contribution in [-0.2, 0) is 6.54 Å². The minimum Gasteiger partial charge on any atom is -0.493 e. The van der Waals surface area contributed by atoms with E-state index in [-0.39, 0.29) is 5.91 Å². The van der Waals surface area contributed by atoms with E-state index in [1.54, 1.807) is 32.4 Å². The number of aryl methyl sites for hydroxylation is 2. The SMILES string of the molecule is COc1ccc(C(=O)N2CCN(Cc3ccc(C)c(C)c3)CC2)cc1OC. The van der Waals surface area contributed by atoms with Crippen LogP contribution in [0.2, 0.25) is 0 Å². The molecular weight excluding hydrogens is 340 g/mol. The lowest BCUT2D eigenvalue weighted by atomic mass is 10.1. The molecule has 27 heavy (non-hydrogen) atoms. The predicted molar refractivity (Wildman–Crippen MR) is 107 cm³/mol. The van der Waals surface area contributed by atoms with Gasteiger partial charge in [-0.3, -0.25) is 9.69 Å². The maximum atomic E-state index is 12.8. The summed E-state index contributed by atoms with van der Waals surface area (Å²) in [5, 5.41) is 0. The van der Waals surface area contributed by atoms with Gasteiger partial charge in [-0.25, -0.2) is 0 Å². The van der Waals surface area contributed by atoms with Gasteiger partial charge in [-0.2, -0.15) is 0 Å². The summed E-state index contributed by atoms with van der Waals surface area (Å²) in [6, 6.07) is 12.0. The van der Waals surface area contributed by atoms with E-state index in [1.807, 2.05) is 4.90 Å². The first kappa shape index (κ1) is 19.2. The number of piperazine rings is 1. The zero-order valence-electron chi connectivity index (χ0n) is 16.6. The highest BCUT2D eigenvalue weighted by Crippen LogP contribution is 2.28. The van der Waals surface area contributed by atoms with Gasteiger partial charge in [0.05, 0.1) is 14.2 Å². The Hall–Kier alpha value is -2.53. The number of benzene rings is 2. The molecule has 1 amide bonds. The van der Waals surface area contributed by atoms with Crippen molar-refractivity contribution >= 4 is 5.91 Å². The first-order valence-corrected chi connectivity index (χ1v) is 9.31. The number of amides is 1. The number of rotatable bonds is 5. The maximum Gasteiger partial charge on any atom is 0.254 e. The number of carbonyl (C=O) groups is 1. The average molecular weight is 368 g/mol. The Morgan fingerprint density at radius 2 is 1.59 bits per heavy atom. The summed E-state index contributed by atoms with van der Waals surface area (Å²) >= 11 is 0.